The van der Waals surface area contributed by atoms with Gasteiger partial charge in [-0.15, -0.1) is 0 Å². The molecular weight excluding hydrogens is 454 g/mol. The van der Waals surface area contributed by atoms with Crippen LogP contribution in [0.2, 0.25) is 0 Å². The Bertz CT molecular complexity index is 1140. The van der Waals surface area contributed by atoms with Crippen LogP contribution in [0.5, 0.6) is 0 Å². The molecule has 1 saturated heterocycles. The number of sulfonamides is 2. The Kier molecular flexibility index (Phi) is 7.88. The summed E-state index contributed by atoms with van der Waals surface area (Å²) in [5.74, 6) is -0.191. The van der Waals surface area contributed by atoms with E-state index in [2.05, 4.69) is 10.0 Å². The third-order valence-electron chi connectivity index (χ3n) is 4.96. The first kappa shape index (κ1) is 24.2. The zero-order valence-electron chi connectivity index (χ0n) is 17.8. The van der Waals surface area contributed by atoms with E-state index >= 15 is 0 Å². The van der Waals surface area contributed by atoms with Crippen LogP contribution in [0.3, 0.4) is 0 Å². The van der Waals surface area contributed by atoms with Crippen molar-refractivity contribution in [2.24, 2.45) is 0 Å². The molecule has 9 nitrogen and oxygen atoms in total. The second-order valence-corrected chi connectivity index (χ2v) is 11.2. The normalized spacial score (nSPS) is 15.3. The number of benzene rings is 2. The Morgan fingerprint density at radius 3 is 2.31 bits per heavy atom. The number of rotatable bonds is 9. The van der Waals surface area contributed by atoms with Crippen molar-refractivity contribution in [1.82, 2.24) is 9.62 Å². The summed E-state index contributed by atoms with van der Waals surface area (Å²) in [7, 11) is -6.96. The number of amides is 1. The number of carbonyl (C=O) groups excluding carboxylic acids is 1. The van der Waals surface area contributed by atoms with Crippen molar-refractivity contribution in [3.63, 3.8) is 0 Å². The van der Waals surface area contributed by atoms with E-state index in [1.807, 2.05) is 0 Å². The molecule has 0 atom stereocenters. The largest absolute Gasteiger partial charge is 0.379 e. The van der Waals surface area contributed by atoms with Gasteiger partial charge in [-0.1, -0.05) is 30.3 Å². The van der Waals surface area contributed by atoms with Gasteiger partial charge in [-0.25, -0.2) is 16.8 Å². The van der Waals surface area contributed by atoms with E-state index in [1.165, 1.54) is 4.31 Å². The van der Waals surface area contributed by atoms with Crippen LogP contribution in [0, 0.1) is 0 Å². The smallest absolute Gasteiger partial charge is 0.243 e. The van der Waals surface area contributed by atoms with Crippen molar-refractivity contribution in [3.05, 3.63) is 59.7 Å². The number of aryl methyl sites for hydroxylation is 1. The van der Waals surface area contributed by atoms with Crippen molar-refractivity contribution in [2.75, 3.05) is 37.3 Å². The van der Waals surface area contributed by atoms with Gasteiger partial charge in [-0.2, -0.15) is 4.31 Å². The number of carbonyl (C=O) groups is 1. The van der Waals surface area contributed by atoms with Crippen LogP contribution >= 0.6 is 0 Å². The van der Waals surface area contributed by atoms with Crippen molar-refractivity contribution < 1.29 is 26.4 Å². The van der Waals surface area contributed by atoms with Gasteiger partial charge in [-0.3, -0.25) is 9.52 Å². The first-order valence-corrected chi connectivity index (χ1v) is 13.5. The van der Waals surface area contributed by atoms with Gasteiger partial charge in [0.25, 0.3) is 0 Å². The fraction of sp³-hybridized carbons (Fsp3) is 0.381. The van der Waals surface area contributed by atoms with Crippen LogP contribution in [0.1, 0.15) is 17.5 Å². The molecule has 0 spiro atoms. The van der Waals surface area contributed by atoms with Crippen LogP contribution < -0.4 is 10.0 Å². The molecule has 11 heteroatoms. The number of para-hydroxylation sites is 1. The molecule has 1 fully saturated rings. The Labute approximate surface area is 188 Å². The molecule has 1 amide bonds. The molecule has 2 aromatic carbocycles. The Balaban J connectivity index is 1.52. The van der Waals surface area contributed by atoms with E-state index in [-0.39, 0.29) is 23.8 Å². The number of nitrogens with one attached hydrogen (secondary N) is 2. The molecule has 0 unspecified atom stereocenters. The van der Waals surface area contributed by atoms with Crippen LogP contribution in [0.15, 0.2) is 53.4 Å². The third-order valence-corrected chi connectivity index (χ3v) is 7.46. The summed E-state index contributed by atoms with van der Waals surface area (Å²) in [5, 5.41) is 2.79. The molecule has 2 aromatic rings. The van der Waals surface area contributed by atoms with Gasteiger partial charge in [-0.05, 0) is 35.7 Å². The minimum atomic E-state index is -3.54. The average Bonchev–Trinajstić information content (AvgIpc) is 2.77. The molecule has 0 saturated carbocycles. The molecule has 3 rings (SSSR count). The van der Waals surface area contributed by atoms with E-state index in [4.69, 9.17) is 4.74 Å². The third kappa shape index (κ3) is 6.76. The molecule has 0 aromatic heterocycles. The first-order chi connectivity index (χ1) is 15.1. The molecule has 174 valence electrons. The first-order valence-electron chi connectivity index (χ1n) is 10.1. The number of hydrogen-bond acceptors (Lipinski definition) is 6. The molecule has 0 bridgehead atoms. The predicted octanol–water partition coefficient (Wildman–Crippen LogP) is 1.33. The Hall–Kier alpha value is -2.47. The van der Waals surface area contributed by atoms with Crippen LogP contribution in [-0.4, -0.2) is 59.6 Å². The van der Waals surface area contributed by atoms with E-state index in [0.717, 1.165) is 11.8 Å². The van der Waals surface area contributed by atoms with Gasteiger partial charge >= 0.3 is 0 Å². The van der Waals surface area contributed by atoms with Crippen LogP contribution in [0.25, 0.3) is 0 Å². The fourth-order valence-electron chi connectivity index (χ4n) is 3.28. The molecule has 1 heterocycles. The van der Waals surface area contributed by atoms with Crippen molar-refractivity contribution in [1.29, 1.82) is 0 Å². The van der Waals surface area contributed by atoms with E-state index in [9.17, 15) is 21.6 Å². The maximum atomic E-state index is 12.7. The summed E-state index contributed by atoms with van der Waals surface area (Å²) in [5.41, 5.74) is 1.93. The summed E-state index contributed by atoms with van der Waals surface area (Å²) in [6, 6.07) is 13.4. The summed E-state index contributed by atoms with van der Waals surface area (Å²) >= 11 is 0. The van der Waals surface area contributed by atoms with Crippen LogP contribution in [0.4, 0.5) is 5.69 Å². The minimum absolute atomic E-state index is 0.189. The van der Waals surface area contributed by atoms with Crippen molar-refractivity contribution in [3.8, 4) is 0 Å². The van der Waals surface area contributed by atoms with Gasteiger partial charge in [0, 0.05) is 26.1 Å². The molecular formula is C21H27N3O6S2. The summed E-state index contributed by atoms with van der Waals surface area (Å²) in [6.07, 6.45) is 1.74. The SMILES string of the molecule is CS(=O)(=O)Nc1ccccc1CNC(=O)CCc1ccc(S(=O)(=O)N2CCOCC2)cc1. The van der Waals surface area contributed by atoms with Gasteiger partial charge in [0.05, 0.1) is 30.1 Å². The monoisotopic (exact) mass is 481 g/mol. The van der Waals surface area contributed by atoms with Crippen molar-refractivity contribution >= 4 is 31.6 Å². The maximum Gasteiger partial charge on any atom is 0.243 e. The average molecular weight is 482 g/mol. The van der Waals surface area contributed by atoms with E-state index in [0.29, 0.717) is 44.0 Å². The fourth-order valence-corrected chi connectivity index (χ4v) is 5.28. The summed E-state index contributed by atoms with van der Waals surface area (Å²) in [4.78, 5) is 12.5. The molecule has 2 N–H and O–H groups in total. The lowest BCUT2D eigenvalue weighted by molar-refractivity contribution is -0.121. The second kappa shape index (κ2) is 10.4. The lowest BCUT2D eigenvalue weighted by Gasteiger charge is -2.26. The molecule has 32 heavy (non-hydrogen) atoms. The van der Waals surface area contributed by atoms with Gasteiger partial charge < -0.3 is 10.1 Å². The number of morpholine rings is 1. The van der Waals surface area contributed by atoms with Gasteiger partial charge in [0.1, 0.15) is 0 Å². The highest BCUT2D eigenvalue weighted by Crippen LogP contribution is 2.19. The van der Waals surface area contributed by atoms with E-state index in [1.54, 1.807) is 48.5 Å². The topological polar surface area (TPSA) is 122 Å². The number of anilines is 1. The lowest BCUT2D eigenvalue weighted by Crippen LogP contribution is -2.40. The Morgan fingerprint density at radius 2 is 1.66 bits per heavy atom. The summed E-state index contributed by atoms with van der Waals surface area (Å²) in [6.45, 7) is 1.65. The lowest BCUT2D eigenvalue weighted by atomic mass is 10.1. The Morgan fingerprint density at radius 1 is 1.00 bits per heavy atom. The summed E-state index contributed by atoms with van der Waals surface area (Å²) < 4.78 is 57.3. The van der Waals surface area contributed by atoms with E-state index < -0.39 is 20.0 Å². The number of ether oxygens (including phenoxy) is 1. The highest BCUT2D eigenvalue weighted by Gasteiger charge is 2.26. The molecule has 0 aliphatic carbocycles. The zero-order valence-corrected chi connectivity index (χ0v) is 19.4. The number of hydrogen-bond donors (Lipinski definition) is 2. The molecule has 0 radical (unpaired) electrons. The quantitative estimate of drug-likeness (QED) is 0.557. The van der Waals surface area contributed by atoms with Gasteiger partial charge in [0.2, 0.25) is 26.0 Å². The zero-order chi connectivity index (χ0) is 23.2. The highest BCUT2D eigenvalue weighted by atomic mass is 32.2. The van der Waals surface area contributed by atoms with Crippen molar-refractivity contribution in [2.45, 2.75) is 24.3 Å². The van der Waals surface area contributed by atoms with Gasteiger partial charge in [0.15, 0.2) is 0 Å². The molecule has 1 aliphatic rings. The predicted molar refractivity (Wildman–Crippen MR) is 121 cm³/mol. The standard InChI is InChI=1S/C21H27N3O6S2/c1-31(26,27)23-20-5-3-2-4-18(20)16-22-21(25)11-8-17-6-9-19(10-7-17)32(28,29)24-12-14-30-15-13-24/h2-7,9-10,23H,8,11-16H2,1H3,(H,22,25). The molecule has 1 aliphatic heterocycles. The van der Waals surface area contributed by atoms with Crippen LogP contribution in [-0.2, 0) is 42.5 Å². The minimum Gasteiger partial charge on any atom is -0.379 e. The number of nitrogens with zero attached hydrogens (tertiary/aromatic N) is 1. The maximum absolute atomic E-state index is 12.7. The second-order valence-electron chi connectivity index (χ2n) is 7.47. The highest BCUT2D eigenvalue weighted by molar-refractivity contribution is 7.92.